The molecule has 0 saturated heterocycles. The van der Waals surface area contributed by atoms with Gasteiger partial charge in [0.05, 0.1) is 0 Å². The zero-order valence-electron chi connectivity index (χ0n) is 9.16. The molecular weight excluding hydrogens is 248 g/mol. The van der Waals surface area contributed by atoms with Crippen molar-refractivity contribution in [2.75, 3.05) is 6.61 Å². The van der Waals surface area contributed by atoms with Gasteiger partial charge in [0.25, 0.3) is 0 Å². The number of esters is 3. The Balaban J connectivity index is 0. The summed E-state index contributed by atoms with van der Waals surface area (Å²) in [7, 11) is 0. The molecule has 0 heterocycles. The van der Waals surface area contributed by atoms with Crippen LogP contribution in [-0.4, -0.2) is 24.5 Å². The molecule has 0 unspecified atom stereocenters. The van der Waals surface area contributed by atoms with E-state index < -0.39 is 24.5 Å². The van der Waals surface area contributed by atoms with Crippen LogP contribution in [0.25, 0.3) is 0 Å². The molecule has 6 heteroatoms. The van der Waals surface area contributed by atoms with E-state index >= 15 is 0 Å². The molecule has 0 aromatic carbocycles. The SMILES string of the molecule is C=C(C)C(=O)OCC(=O)OC(=O)C(=C)C.[Ti]. The van der Waals surface area contributed by atoms with Crippen molar-refractivity contribution < 1.29 is 45.6 Å². The molecule has 0 aliphatic heterocycles. The summed E-state index contributed by atoms with van der Waals surface area (Å²) in [5, 5.41) is 0. The van der Waals surface area contributed by atoms with Gasteiger partial charge in [0.1, 0.15) is 0 Å². The quantitative estimate of drug-likeness (QED) is 0.323. The van der Waals surface area contributed by atoms with E-state index in [1.807, 2.05) is 0 Å². The minimum absolute atomic E-state index is 0. The van der Waals surface area contributed by atoms with Crippen molar-refractivity contribution in [2.24, 2.45) is 0 Å². The molecule has 0 N–H and O–H groups in total. The molecule has 0 aliphatic carbocycles. The average molecular weight is 260 g/mol. The summed E-state index contributed by atoms with van der Waals surface area (Å²) in [6, 6.07) is 0. The van der Waals surface area contributed by atoms with Gasteiger partial charge in [-0.25, -0.2) is 14.4 Å². The molecule has 0 aromatic heterocycles. The maximum atomic E-state index is 10.9. The molecule has 0 saturated carbocycles. The Morgan fingerprint density at radius 1 is 1.00 bits per heavy atom. The van der Waals surface area contributed by atoms with Crippen LogP contribution in [0.1, 0.15) is 13.8 Å². The smallest absolute Gasteiger partial charge is 0.352 e. The molecular formula is C10H12O5Ti. The van der Waals surface area contributed by atoms with Crippen molar-refractivity contribution in [1.82, 2.24) is 0 Å². The number of ether oxygens (including phenoxy) is 2. The zero-order chi connectivity index (χ0) is 12.0. The summed E-state index contributed by atoms with van der Waals surface area (Å²) < 4.78 is 8.71. The Hall–Kier alpha value is -1.20. The Kier molecular flexibility index (Phi) is 8.62. The summed E-state index contributed by atoms with van der Waals surface area (Å²) in [4.78, 5) is 32.6. The predicted octanol–water partition coefficient (Wildman–Crippen LogP) is 0.749. The van der Waals surface area contributed by atoms with Gasteiger partial charge >= 0.3 is 17.9 Å². The van der Waals surface area contributed by atoms with Crippen LogP contribution < -0.4 is 0 Å². The third kappa shape index (κ3) is 7.14. The van der Waals surface area contributed by atoms with E-state index in [1.165, 1.54) is 13.8 Å². The van der Waals surface area contributed by atoms with Crippen molar-refractivity contribution >= 4 is 17.9 Å². The van der Waals surface area contributed by atoms with Gasteiger partial charge in [0, 0.05) is 32.9 Å². The van der Waals surface area contributed by atoms with E-state index in [1.54, 1.807) is 0 Å². The number of carbonyl (C=O) groups excluding carboxylic acids is 3. The van der Waals surface area contributed by atoms with Crippen molar-refractivity contribution in [3.05, 3.63) is 24.3 Å². The van der Waals surface area contributed by atoms with Crippen LogP contribution in [0.15, 0.2) is 24.3 Å². The monoisotopic (exact) mass is 260 g/mol. The van der Waals surface area contributed by atoms with Gasteiger partial charge in [0.15, 0.2) is 6.61 Å². The summed E-state index contributed by atoms with van der Waals surface area (Å²) >= 11 is 0. The van der Waals surface area contributed by atoms with Crippen LogP contribution in [0.5, 0.6) is 0 Å². The summed E-state index contributed by atoms with van der Waals surface area (Å²) in [6.07, 6.45) is 0. The molecule has 16 heavy (non-hydrogen) atoms. The summed E-state index contributed by atoms with van der Waals surface area (Å²) in [5.41, 5.74) is 0.253. The maximum Gasteiger partial charge on any atom is 0.352 e. The third-order valence-electron chi connectivity index (χ3n) is 1.22. The fraction of sp³-hybridized carbons (Fsp3) is 0.300. The fourth-order valence-corrected chi connectivity index (χ4v) is 0.468. The van der Waals surface area contributed by atoms with Crippen LogP contribution in [0.3, 0.4) is 0 Å². The summed E-state index contributed by atoms with van der Waals surface area (Å²) in [6.45, 7) is 8.81. The van der Waals surface area contributed by atoms with E-state index in [0.717, 1.165) is 0 Å². The van der Waals surface area contributed by atoms with Gasteiger partial charge in [0.2, 0.25) is 0 Å². The van der Waals surface area contributed by atoms with Crippen LogP contribution in [0.4, 0.5) is 0 Å². The third-order valence-corrected chi connectivity index (χ3v) is 1.22. The largest absolute Gasteiger partial charge is 0.450 e. The molecule has 0 bridgehead atoms. The minimum Gasteiger partial charge on any atom is -0.450 e. The Morgan fingerprint density at radius 2 is 1.44 bits per heavy atom. The van der Waals surface area contributed by atoms with Gasteiger partial charge in [-0.3, -0.25) is 0 Å². The maximum absolute atomic E-state index is 10.9. The van der Waals surface area contributed by atoms with E-state index in [-0.39, 0.29) is 32.9 Å². The molecule has 0 aliphatic rings. The minimum atomic E-state index is -0.947. The molecule has 5 nitrogen and oxygen atoms in total. The van der Waals surface area contributed by atoms with Crippen molar-refractivity contribution in [1.29, 1.82) is 0 Å². The first-order valence-electron chi connectivity index (χ1n) is 4.07. The molecule has 0 atom stereocenters. The van der Waals surface area contributed by atoms with Crippen molar-refractivity contribution in [3.8, 4) is 0 Å². The molecule has 0 rings (SSSR count). The standard InChI is InChI=1S/C10H12O5.Ti/c1-6(2)9(12)14-5-8(11)15-10(13)7(3)4;/h1,3,5H2,2,4H3;. The molecule has 0 fully saturated rings. The van der Waals surface area contributed by atoms with Crippen LogP contribution in [-0.2, 0) is 45.6 Å². The number of hydrogen-bond donors (Lipinski definition) is 0. The van der Waals surface area contributed by atoms with Crippen LogP contribution in [0, 0.1) is 0 Å². The first-order valence-corrected chi connectivity index (χ1v) is 4.07. The van der Waals surface area contributed by atoms with Gasteiger partial charge in [-0.05, 0) is 13.8 Å². The second-order valence-electron chi connectivity index (χ2n) is 2.90. The number of hydrogen-bond acceptors (Lipinski definition) is 5. The predicted molar refractivity (Wildman–Crippen MR) is 51.7 cm³/mol. The van der Waals surface area contributed by atoms with Gasteiger partial charge in [-0.2, -0.15) is 0 Å². The van der Waals surface area contributed by atoms with Crippen molar-refractivity contribution in [2.45, 2.75) is 13.8 Å². The Morgan fingerprint density at radius 3 is 1.81 bits per heavy atom. The topological polar surface area (TPSA) is 69.7 Å². The second kappa shape index (κ2) is 8.01. The Labute approximate surface area is 108 Å². The number of rotatable bonds is 4. The molecule has 0 amide bonds. The molecule has 0 aromatic rings. The van der Waals surface area contributed by atoms with Crippen LogP contribution >= 0.6 is 0 Å². The second-order valence-corrected chi connectivity index (χ2v) is 2.90. The normalized spacial score (nSPS) is 8.38. The van der Waals surface area contributed by atoms with Crippen LogP contribution in [0.2, 0.25) is 0 Å². The Bertz CT molecular complexity index is 332. The zero-order valence-corrected chi connectivity index (χ0v) is 10.7. The van der Waals surface area contributed by atoms with Gasteiger partial charge in [-0.1, -0.05) is 13.2 Å². The van der Waals surface area contributed by atoms with E-state index in [0.29, 0.717) is 0 Å². The first kappa shape index (κ1) is 17.2. The molecule has 86 valence electrons. The first-order chi connectivity index (χ1) is 6.84. The number of carbonyl (C=O) groups is 3. The molecule has 0 spiro atoms. The summed E-state index contributed by atoms with van der Waals surface area (Å²) in [5.74, 6) is -2.50. The fourth-order valence-electron chi connectivity index (χ4n) is 0.468. The van der Waals surface area contributed by atoms with Gasteiger partial charge < -0.3 is 9.47 Å². The van der Waals surface area contributed by atoms with E-state index in [4.69, 9.17) is 0 Å². The van der Waals surface area contributed by atoms with Gasteiger partial charge in [-0.15, -0.1) is 0 Å². The van der Waals surface area contributed by atoms with E-state index in [9.17, 15) is 14.4 Å². The van der Waals surface area contributed by atoms with Crippen molar-refractivity contribution in [3.63, 3.8) is 0 Å². The molecule has 0 radical (unpaired) electrons. The average Bonchev–Trinajstić information content (AvgIpc) is 2.13. The van der Waals surface area contributed by atoms with E-state index in [2.05, 4.69) is 22.6 Å².